The molecule has 0 bridgehead atoms. The summed E-state index contributed by atoms with van der Waals surface area (Å²) in [6, 6.07) is 12.4. The van der Waals surface area contributed by atoms with Gasteiger partial charge in [-0.1, -0.05) is 36.4 Å². The lowest BCUT2D eigenvalue weighted by atomic mass is 9.96. The highest BCUT2D eigenvalue weighted by atomic mass is 16.6. The first kappa shape index (κ1) is 15.0. The van der Waals surface area contributed by atoms with Gasteiger partial charge in [-0.3, -0.25) is 10.1 Å². The minimum atomic E-state index is -0.878. The Balaban J connectivity index is 2.17. The van der Waals surface area contributed by atoms with E-state index in [1.807, 2.05) is 30.3 Å². The fraction of sp³-hybridized carbons (Fsp3) is 0.200. The number of benzene rings is 2. The molecule has 0 saturated heterocycles. The number of phenols is 1. The molecule has 0 saturated carbocycles. The zero-order valence-electron chi connectivity index (χ0n) is 11.2. The second kappa shape index (κ2) is 6.34. The molecule has 0 aliphatic carbocycles. The van der Waals surface area contributed by atoms with E-state index in [2.05, 4.69) is 0 Å². The van der Waals surface area contributed by atoms with Gasteiger partial charge in [-0.25, -0.2) is 0 Å². The summed E-state index contributed by atoms with van der Waals surface area (Å²) >= 11 is 0. The van der Waals surface area contributed by atoms with Crippen LogP contribution in [0.25, 0.3) is 0 Å². The first-order chi connectivity index (χ1) is 9.99. The maximum absolute atomic E-state index is 10.8. The van der Waals surface area contributed by atoms with Gasteiger partial charge in [0.25, 0.3) is 0 Å². The Morgan fingerprint density at radius 1 is 1.19 bits per heavy atom. The fourth-order valence-electron chi connectivity index (χ4n) is 2.10. The maximum Gasteiger partial charge on any atom is 0.311 e. The molecule has 4 N–H and O–H groups in total. The number of aliphatic hydroxyl groups is 1. The topological polar surface area (TPSA) is 110 Å². The zero-order chi connectivity index (χ0) is 15.4. The predicted octanol–water partition coefficient (Wildman–Crippen LogP) is 1.90. The molecule has 0 heterocycles. The van der Waals surface area contributed by atoms with Gasteiger partial charge in [-0.05, 0) is 17.2 Å². The quantitative estimate of drug-likeness (QED) is 0.575. The van der Waals surface area contributed by atoms with E-state index in [-0.39, 0.29) is 0 Å². The Morgan fingerprint density at radius 3 is 2.48 bits per heavy atom. The Kier molecular flexibility index (Phi) is 4.52. The zero-order valence-corrected chi connectivity index (χ0v) is 11.2. The monoisotopic (exact) mass is 288 g/mol. The number of phenolic OH excluding ortho intramolecular Hbond substituents is 1. The van der Waals surface area contributed by atoms with E-state index in [9.17, 15) is 20.3 Å². The van der Waals surface area contributed by atoms with Crippen LogP contribution in [-0.2, 0) is 6.42 Å². The second-order valence-corrected chi connectivity index (χ2v) is 4.79. The van der Waals surface area contributed by atoms with Crippen LogP contribution in [0.3, 0.4) is 0 Å². The van der Waals surface area contributed by atoms with Crippen LogP contribution in [0.4, 0.5) is 5.69 Å². The molecule has 2 rings (SSSR count). The van der Waals surface area contributed by atoms with E-state index >= 15 is 0 Å². The molecule has 0 spiro atoms. The molecule has 0 unspecified atom stereocenters. The highest BCUT2D eigenvalue weighted by molar-refractivity contribution is 5.48. The van der Waals surface area contributed by atoms with Crippen molar-refractivity contribution in [2.24, 2.45) is 5.73 Å². The molecule has 0 amide bonds. The van der Waals surface area contributed by atoms with Gasteiger partial charge in [0.1, 0.15) is 0 Å². The molecule has 0 radical (unpaired) electrons. The summed E-state index contributed by atoms with van der Waals surface area (Å²) in [4.78, 5) is 10.1. The van der Waals surface area contributed by atoms with Gasteiger partial charge in [0, 0.05) is 12.5 Å². The number of hydrogen-bond acceptors (Lipinski definition) is 5. The number of aliphatic hydroxyl groups excluding tert-OH is 1. The van der Waals surface area contributed by atoms with Crippen molar-refractivity contribution in [1.29, 1.82) is 0 Å². The van der Waals surface area contributed by atoms with Crippen LogP contribution in [0.2, 0.25) is 0 Å². The number of nitrogens with two attached hydrogens (primary N) is 1. The van der Waals surface area contributed by atoms with Crippen LogP contribution in [0.15, 0.2) is 48.5 Å². The number of nitro benzene ring substituents is 1. The highest BCUT2D eigenvalue weighted by Crippen LogP contribution is 2.29. The standard InChI is InChI=1S/C15H16N2O4/c16-15(14(19)8-10-4-2-1-3-5-10)11-6-7-13(18)12(9-11)17(20)21/h1-7,9,14-15,18-19H,8,16H2/t14-,15+/m0/s1. The summed E-state index contributed by atoms with van der Waals surface area (Å²) in [5, 5.41) is 30.4. The van der Waals surface area contributed by atoms with Crippen molar-refractivity contribution < 1.29 is 15.1 Å². The average Bonchev–Trinajstić information content (AvgIpc) is 2.47. The van der Waals surface area contributed by atoms with Gasteiger partial charge in [-0.2, -0.15) is 0 Å². The second-order valence-electron chi connectivity index (χ2n) is 4.79. The van der Waals surface area contributed by atoms with Crippen molar-refractivity contribution in [1.82, 2.24) is 0 Å². The van der Waals surface area contributed by atoms with Gasteiger partial charge in [-0.15, -0.1) is 0 Å². The number of rotatable bonds is 5. The van der Waals surface area contributed by atoms with Crippen LogP contribution in [-0.4, -0.2) is 21.2 Å². The Labute approximate surface area is 121 Å². The van der Waals surface area contributed by atoms with Gasteiger partial charge in [0.2, 0.25) is 0 Å². The minimum absolute atomic E-state index is 0.344. The molecule has 6 nitrogen and oxygen atoms in total. The highest BCUT2D eigenvalue weighted by Gasteiger charge is 2.21. The molecule has 2 aromatic rings. The molecule has 0 aliphatic rings. The van der Waals surface area contributed by atoms with Gasteiger partial charge in [0.05, 0.1) is 17.1 Å². The molecule has 2 aromatic carbocycles. The van der Waals surface area contributed by atoms with E-state index in [1.165, 1.54) is 18.2 Å². The van der Waals surface area contributed by atoms with Gasteiger partial charge in [0.15, 0.2) is 5.75 Å². The summed E-state index contributed by atoms with van der Waals surface area (Å²) < 4.78 is 0. The third kappa shape index (κ3) is 3.56. The molecule has 6 heteroatoms. The van der Waals surface area contributed by atoms with E-state index in [0.717, 1.165) is 5.56 Å². The Hall–Kier alpha value is -2.44. The molecule has 2 atom stereocenters. The van der Waals surface area contributed by atoms with Crippen molar-refractivity contribution in [3.05, 3.63) is 69.8 Å². The van der Waals surface area contributed by atoms with Crippen LogP contribution in [0.5, 0.6) is 5.75 Å². The van der Waals surface area contributed by atoms with E-state index < -0.39 is 28.5 Å². The van der Waals surface area contributed by atoms with E-state index in [1.54, 1.807) is 0 Å². The maximum atomic E-state index is 10.8. The van der Waals surface area contributed by atoms with Crippen molar-refractivity contribution in [2.75, 3.05) is 0 Å². The summed E-state index contributed by atoms with van der Waals surface area (Å²) in [5.41, 5.74) is 6.86. The molecule has 21 heavy (non-hydrogen) atoms. The molecular weight excluding hydrogens is 272 g/mol. The van der Waals surface area contributed by atoms with Crippen molar-refractivity contribution >= 4 is 5.69 Å². The molecular formula is C15H16N2O4. The Morgan fingerprint density at radius 2 is 1.86 bits per heavy atom. The Bertz CT molecular complexity index is 631. The fourth-order valence-corrected chi connectivity index (χ4v) is 2.10. The third-order valence-corrected chi connectivity index (χ3v) is 3.28. The largest absolute Gasteiger partial charge is 0.502 e. The molecule has 0 fully saturated rings. The predicted molar refractivity (Wildman–Crippen MR) is 77.8 cm³/mol. The number of nitrogens with zero attached hydrogens (tertiary/aromatic N) is 1. The van der Waals surface area contributed by atoms with Gasteiger partial charge >= 0.3 is 5.69 Å². The minimum Gasteiger partial charge on any atom is -0.502 e. The normalized spacial score (nSPS) is 13.6. The first-order valence-corrected chi connectivity index (χ1v) is 6.44. The van der Waals surface area contributed by atoms with Crippen LogP contribution < -0.4 is 5.73 Å². The summed E-state index contributed by atoms with van der Waals surface area (Å²) in [7, 11) is 0. The summed E-state index contributed by atoms with van der Waals surface area (Å²) in [5.74, 6) is -0.423. The average molecular weight is 288 g/mol. The number of aromatic hydroxyl groups is 1. The van der Waals surface area contributed by atoms with Crippen molar-refractivity contribution in [2.45, 2.75) is 18.6 Å². The summed E-state index contributed by atoms with van der Waals surface area (Å²) in [6.45, 7) is 0. The van der Waals surface area contributed by atoms with Crippen molar-refractivity contribution in [3.63, 3.8) is 0 Å². The SMILES string of the molecule is N[C@H](c1ccc(O)c([N+](=O)[O-])c1)[C@@H](O)Cc1ccccc1. The molecule has 110 valence electrons. The molecule has 0 aromatic heterocycles. The molecule has 0 aliphatic heterocycles. The van der Waals surface area contributed by atoms with Crippen LogP contribution in [0, 0.1) is 10.1 Å². The van der Waals surface area contributed by atoms with Crippen LogP contribution in [0.1, 0.15) is 17.2 Å². The van der Waals surface area contributed by atoms with Crippen molar-refractivity contribution in [3.8, 4) is 5.75 Å². The number of hydrogen-bond donors (Lipinski definition) is 3. The number of nitro groups is 1. The third-order valence-electron chi connectivity index (χ3n) is 3.28. The lowest BCUT2D eigenvalue weighted by molar-refractivity contribution is -0.385. The first-order valence-electron chi connectivity index (χ1n) is 6.44. The lowest BCUT2D eigenvalue weighted by Crippen LogP contribution is -2.28. The summed E-state index contributed by atoms with van der Waals surface area (Å²) in [6.07, 6.45) is -0.534. The lowest BCUT2D eigenvalue weighted by Gasteiger charge is -2.19. The van der Waals surface area contributed by atoms with E-state index in [0.29, 0.717) is 12.0 Å². The van der Waals surface area contributed by atoms with Crippen LogP contribution >= 0.6 is 0 Å². The smallest absolute Gasteiger partial charge is 0.311 e. The van der Waals surface area contributed by atoms with Gasteiger partial charge < -0.3 is 15.9 Å². The van der Waals surface area contributed by atoms with E-state index in [4.69, 9.17) is 5.73 Å².